The average Bonchev–Trinajstić information content (AvgIpc) is 3.19. The van der Waals surface area contributed by atoms with Gasteiger partial charge in [0, 0.05) is 12.6 Å². The van der Waals surface area contributed by atoms with Crippen molar-refractivity contribution in [1.82, 2.24) is 5.32 Å². The molecule has 4 heteroatoms. The summed E-state index contributed by atoms with van der Waals surface area (Å²) in [6.45, 7) is 0.528. The molecule has 0 aliphatic heterocycles. The SMILES string of the molecule is NC(CNC(=O)C1(c2cccc(F)c2)CCC1)C1CC1. The lowest BCUT2D eigenvalue weighted by Crippen LogP contribution is -2.51. The molecule has 1 unspecified atom stereocenters. The van der Waals surface area contributed by atoms with E-state index < -0.39 is 5.41 Å². The van der Waals surface area contributed by atoms with Gasteiger partial charge in [-0.3, -0.25) is 4.79 Å². The van der Waals surface area contributed by atoms with Crippen LogP contribution in [0.4, 0.5) is 4.39 Å². The summed E-state index contributed by atoms with van der Waals surface area (Å²) < 4.78 is 13.4. The minimum Gasteiger partial charge on any atom is -0.354 e. The maximum absolute atomic E-state index is 13.4. The first-order chi connectivity index (χ1) is 9.62. The van der Waals surface area contributed by atoms with Crippen LogP contribution in [0.2, 0.25) is 0 Å². The molecule has 2 aliphatic rings. The van der Waals surface area contributed by atoms with Gasteiger partial charge in [-0.15, -0.1) is 0 Å². The summed E-state index contributed by atoms with van der Waals surface area (Å²) in [4.78, 5) is 12.5. The third kappa shape index (κ3) is 2.44. The first-order valence-electron chi connectivity index (χ1n) is 7.42. The average molecular weight is 276 g/mol. The monoisotopic (exact) mass is 276 g/mol. The summed E-state index contributed by atoms with van der Waals surface area (Å²) in [5.41, 5.74) is 6.27. The van der Waals surface area contributed by atoms with Crippen molar-refractivity contribution in [3.63, 3.8) is 0 Å². The van der Waals surface area contributed by atoms with Crippen LogP contribution in [0, 0.1) is 11.7 Å². The Balaban J connectivity index is 1.69. The van der Waals surface area contributed by atoms with Gasteiger partial charge in [-0.1, -0.05) is 18.6 Å². The van der Waals surface area contributed by atoms with Crippen LogP contribution in [0.15, 0.2) is 24.3 Å². The second-order valence-corrected chi connectivity index (χ2v) is 6.16. The molecular weight excluding hydrogens is 255 g/mol. The van der Waals surface area contributed by atoms with Gasteiger partial charge in [0.1, 0.15) is 5.82 Å². The third-order valence-corrected chi connectivity index (χ3v) is 4.74. The molecule has 3 N–H and O–H groups in total. The fourth-order valence-corrected chi connectivity index (χ4v) is 3.03. The number of carbonyl (C=O) groups is 1. The van der Waals surface area contributed by atoms with Gasteiger partial charge >= 0.3 is 0 Å². The van der Waals surface area contributed by atoms with Gasteiger partial charge in [-0.2, -0.15) is 0 Å². The van der Waals surface area contributed by atoms with E-state index in [4.69, 9.17) is 5.73 Å². The molecule has 2 aliphatic carbocycles. The number of nitrogens with one attached hydrogen (secondary N) is 1. The normalized spacial score (nSPS) is 21.9. The minimum atomic E-state index is -0.536. The van der Waals surface area contributed by atoms with Crippen LogP contribution in [-0.4, -0.2) is 18.5 Å². The lowest BCUT2D eigenvalue weighted by atomic mass is 9.63. The number of amides is 1. The molecule has 0 aromatic heterocycles. The Hall–Kier alpha value is -1.42. The van der Waals surface area contributed by atoms with Crippen molar-refractivity contribution < 1.29 is 9.18 Å². The van der Waals surface area contributed by atoms with Crippen molar-refractivity contribution in [3.05, 3.63) is 35.6 Å². The molecule has 3 rings (SSSR count). The van der Waals surface area contributed by atoms with Gasteiger partial charge in [-0.25, -0.2) is 4.39 Å². The van der Waals surface area contributed by atoms with E-state index in [9.17, 15) is 9.18 Å². The quantitative estimate of drug-likeness (QED) is 0.865. The van der Waals surface area contributed by atoms with Crippen LogP contribution in [0.3, 0.4) is 0 Å². The zero-order valence-electron chi connectivity index (χ0n) is 11.6. The fourth-order valence-electron chi connectivity index (χ4n) is 3.03. The highest BCUT2D eigenvalue weighted by atomic mass is 19.1. The van der Waals surface area contributed by atoms with Crippen LogP contribution >= 0.6 is 0 Å². The van der Waals surface area contributed by atoms with E-state index in [1.54, 1.807) is 6.07 Å². The lowest BCUT2D eigenvalue weighted by molar-refractivity contribution is -0.130. The van der Waals surface area contributed by atoms with Gasteiger partial charge in [0.25, 0.3) is 0 Å². The van der Waals surface area contributed by atoms with Crippen molar-refractivity contribution in [2.24, 2.45) is 11.7 Å². The van der Waals surface area contributed by atoms with Gasteiger partial charge in [0.2, 0.25) is 5.91 Å². The Morgan fingerprint density at radius 2 is 2.20 bits per heavy atom. The molecule has 1 aromatic carbocycles. The predicted octanol–water partition coefficient (Wildman–Crippen LogP) is 2.10. The fraction of sp³-hybridized carbons (Fsp3) is 0.562. The first-order valence-corrected chi connectivity index (χ1v) is 7.42. The second kappa shape index (κ2) is 5.17. The molecule has 1 amide bonds. The molecule has 0 saturated heterocycles. The highest BCUT2D eigenvalue weighted by Crippen LogP contribution is 2.44. The van der Waals surface area contributed by atoms with E-state index in [2.05, 4.69) is 5.32 Å². The van der Waals surface area contributed by atoms with E-state index in [1.165, 1.54) is 25.0 Å². The Morgan fingerprint density at radius 1 is 1.45 bits per heavy atom. The molecular formula is C16H21FN2O. The van der Waals surface area contributed by atoms with Crippen molar-refractivity contribution in [2.45, 2.75) is 43.6 Å². The Kier molecular flexibility index (Phi) is 3.50. The second-order valence-electron chi connectivity index (χ2n) is 6.16. The van der Waals surface area contributed by atoms with E-state index in [1.807, 2.05) is 6.07 Å². The summed E-state index contributed by atoms with van der Waals surface area (Å²) in [6.07, 6.45) is 4.94. The molecule has 1 aromatic rings. The topological polar surface area (TPSA) is 55.1 Å². The van der Waals surface area contributed by atoms with Crippen LogP contribution in [0.5, 0.6) is 0 Å². The standard InChI is InChI=1S/C16H21FN2O/c17-13-4-1-3-12(9-13)16(7-2-8-16)15(20)19-10-14(18)11-5-6-11/h1,3-4,9,11,14H,2,5-8,10,18H2,(H,19,20). The Bertz CT molecular complexity index is 509. The maximum Gasteiger partial charge on any atom is 0.230 e. The van der Waals surface area contributed by atoms with Gasteiger partial charge in [-0.05, 0) is 49.3 Å². The molecule has 20 heavy (non-hydrogen) atoms. The summed E-state index contributed by atoms with van der Waals surface area (Å²) in [5, 5.41) is 2.98. The Labute approximate surface area is 118 Å². The van der Waals surface area contributed by atoms with Crippen LogP contribution in [-0.2, 0) is 10.2 Å². The van der Waals surface area contributed by atoms with Gasteiger partial charge < -0.3 is 11.1 Å². The van der Waals surface area contributed by atoms with E-state index in [0.29, 0.717) is 12.5 Å². The summed E-state index contributed by atoms with van der Waals surface area (Å²) in [5.74, 6) is 0.295. The number of hydrogen-bond donors (Lipinski definition) is 2. The molecule has 2 fully saturated rings. The third-order valence-electron chi connectivity index (χ3n) is 4.74. The highest BCUT2D eigenvalue weighted by molar-refractivity contribution is 5.89. The zero-order valence-corrected chi connectivity index (χ0v) is 11.6. The van der Waals surface area contributed by atoms with Crippen molar-refractivity contribution in [3.8, 4) is 0 Å². The highest BCUT2D eigenvalue weighted by Gasteiger charge is 2.45. The van der Waals surface area contributed by atoms with Crippen LogP contribution in [0.25, 0.3) is 0 Å². The summed E-state index contributed by atoms with van der Waals surface area (Å²) >= 11 is 0. The van der Waals surface area contributed by atoms with E-state index in [-0.39, 0.29) is 17.8 Å². The van der Waals surface area contributed by atoms with Crippen LogP contribution < -0.4 is 11.1 Å². The molecule has 0 bridgehead atoms. The number of halogens is 1. The Morgan fingerprint density at radius 3 is 2.75 bits per heavy atom. The first kappa shape index (κ1) is 13.6. The zero-order chi connectivity index (χ0) is 14.2. The molecule has 0 spiro atoms. The molecule has 1 atom stereocenters. The van der Waals surface area contributed by atoms with E-state index in [0.717, 1.165) is 24.8 Å². The number of benzene rings is 1. The molecule has 0 radical (unpaired) electrons. The number of nitrogens with two attached hydrogens (primary N) is 1. The summed E-state index contributed by atoms with van der Waals surface area (Å²) in [6, 6.07) is 6.48. The predicted molar refractivity (Wildman–Crippen MR) is 75.6 cm³/mol. The van der Waals surface area contributed by atoms with Crippen LogP contribution in [0.1, 0.15) is 37.7 Å². The van der Waals surface area contributed by atoms with Crippen molar-refractivity contribution in [1.29, 1.82) is 0 Å². The lowest BCUT2D eigenvalue weighted by Gasteiger charge is -2.41. The van der Waals surface area contributed by atoms with Crippen molar-refractivity contribution >= 4 is 5.91 Å². The molecule has 0 heterocycles. The van der Waals surface area contributed by atoms with E-state index >= 15 is 0 Å². The molecule has 108 valence electrons. The number of carbonyl (C=O) groups excluding carboxylic acids is 1. The number of hydrogen-bond acceptors (Lipinski definition) is 2. The smallest absolute Gasteiger partial charge is 0.230 e. The summed E-state index contributed by atoms with van der Waals surface area (Å²) in [7, 11) is 0. The van der Waals surface area contributed by atoms with Crippen molar-refractivity contribution in [2.75, 3.05) is 6.54 Å². The van der Waals surface area contributed by atoms with Gasteiger partial charge in [0.15, 0.2) is 0 Å². The minimum absolute atomic E-state index is 0.00505. The van der Waals surface area contributed by atoms with Gasteiger partial charge in [0.05, 0.1) is 5.41 Å². The molecule has 2 saturated carbocycles. The number of rotatable bonds is 5. The maximum atomic E-state index is 13.4. The molecule has 3 nitrogen and oxygen atoms in total. The largest absolute Gasteiger partial charge is 0.354 e.